The minimum Gasteiger partial charge on any atom is -0.480 e. The molecule has 10 heteroatoms. The van der Waals surface area contributed by atoms with Crippen molar-refractivity contribution in [3.63, 3.8) is 0 Å². The molecule has 0 spiro atoms. The summed E-state index contributed by atoms with van der Waals surface area (Å²) in [6.45, 7) is 3.56. The molecule has 0 aromatic carbocycles. The molecule has 1 saturated heterocycles. The van der Waals surface area contributed by atoms with Crippen LogP contribution in [0.5, 0.6) is 5.88 Å². The van der Waals surface area contributed by atoms with Crippen molar-refractivity contribution in [3.05, 3.63) is 46.9 Å². The Labute approximate surface area is 178 Å². The number of ether oxygens (including phenoxy) is 3. The predicted molar refractivity (Wildman–Crippen MR) is 110 cm³/mol. The molecule has 160 valence electrons. The average molecular weight is 422 g/mol. The van der Waals surface area contributed by atoms with Crippen molar-refractivity contribution < 1.29 is 19.0 Å². The van der Waals surface area contributed by atoms with E-state index in [-0.39, 0.29) is 18.0 Å². The van der Waals surface area contributed by atoms with E-state index in [4.69, 9.17) is 19.9 Å². The summed E-state index contributed by atoms with van der Waals surface area (Å²) in [5, 5.41) is 9.10. The number of fused-ring (bicyclic) bond motifs is 3. The van der Waals surface area contributed by atoms with Crippen molar-refractivity contribution in [2.75, 3.05) is 26.1 Å². The number of nitrogens with two attached hydrogens (primary N) is 1. The number of aromatic nitrogens is 4. The topological polar surface area (TPSA) is 126 Å². The number of hydrogen-bond donors (Lipinski definition) is 1. The lowest BCUT2D eigenvalue weighted by Gasteiger charge is -2.39. The van der Waals surface area contributed by atoms with Gasteiger partial charge in [0.15, 0.2) is 0 Å². The molecule has 2 aliphatic heterocycles. The maximum atomic E-state index is 13.6. The zero-order valence-electron chi connectivity index (χ0n) is 17.2. The first kappa shape index (κ1) is 19.6. The monoisotopic (exact) mass is 422 g/mol. The zero-order valence-corrected chi connectivity index (χ0v) is 17.2. The van der Waals surface area contributed by atoms with Gasteiger partial charge in [0.1, 0.15) is 11.5 Å². The first-order valence-electron chi connectivity index (χ1n) is 9.99. The molecule has 3 aromatic heterocycles. The van der Waals surface area contributed by atoms with Crippen LogP contribution in [-0.4, -0.2) is 57.3 Å². The van der Waals surface area contributed by atoms with Crippen molar-refractivity contribution in [1.82, 2.24) is 25.1 Å². The van der Waals surface area contributed by atoms with Gasteiger partial charge in [-0.1, -0.05) is 0 Å². The van der Waals surface area contributed by atoms with Gasteiger partial charge in [0, 0.05) is 17.0 Å². The summed E-state index contributed by atoms with van der Waals surface area (Å²) in [4.78, 5) is 24.2. The third-order valence-corrected chi connectivity index (χ3v) is 5.73. The van der Waals surface area contributed by atoms with Gasteiger partial charge in [-0.15, -0.1) is 10.2 Å². The third kappa shape index (κ3) is 3.33. The van der Waals surface area contributed by atoms with Crippen LogP contribution in [0.4, 0.5) is 5.82 Å². The molecule has 2 N–H and O–H groups in total. The van der Waals surface area contributed by atoms with Crippen molar-refractivity contribution >= 4 is 22.6 Å². The van der Waals surface area contributed by atoms with Crippen LogP contribution in [0.3, 0.4) is 0 Å². The number of carbonyl (C=O) groups excluding carboxylic acids is 1. The summed E-state index contributed by atoms with van der Waals surface area (Å²) in [5.74, 6) is 0.649. The molecule has 5 heterocycles. The minimum absolute atomic E-state index is 0.161. The summed E-state index contributed by atoms with van der Waals surface area (Å²) in [6.07, 6.45) is 1.59. The van der Waals surface area contributed by atoms with E-state index in [0.29, 0.717) is 55.0 Å². The fourth-order valence-electron chi connectivity index (χ4n) is 4.13. The van der Waals surface area contributed by atoms with Crippen LogP contribution >= 0.6 is 0 Å². The predicted octanol–water partition coefficient (Wildman–Crippen LogP) is 1.64. The Morgan fingerprint density at radius 1 is 1.19 bits per heavy atom. The van der Waals surface area contributed by atoms with E-state index in [0.717, 1.165) is 16.5 Å². The Hall–Kier alpha value is -3.37. The van der Waals surface area contributed by atoms with E-state index in [1.807, 2.05) is 6.92 Å². The third-order valence-electron chi connectivity index (χ3n) is 5.73. The number of morpholine rings is 1. The number of pyridine rings is 2. The van der Waals surface area contributed by atoms with Gasteiger partial charge < -0.3 is 24.8 Å². The van der Waals surface area contributed by atoms with Crippen molar-refractivity contribution in [2.45, 2.75) is 32.2 Å². The highest BCUT2D eigenvalue weighted by atomic mass is 16.5. The number of carbonyl (C=O) groups is 1. The lowest BCUT2D eigenvalue weighted by molar-refractivity contribution is -0.0332. The lowest BCUT2D eigenvalue weighted by Crippen LogP contribution is -2.49. The van der Waals surface area contributed by atoms with E-state index >= 15 is 0 Å². The normalized spacial score (nSPS) is 20.6. The molecule has 1 fully saturated rings. The quantitative estimate of drug-likeness (QED) is 0.670. The summed E-state index contributed by atoms with van der Waals surface area (Å²) >= 11 is 0. The number of nitrogen functional groups attached to an aromatic ring is 1. The molecule has 3 aromatic rings. The van der Waals surface area contributed by atoms with Crippen LogP contribution in [0, 0.1) is 0 Å². The molecular weight excluding hydrogens is 400 g/mol. The molecule has 0 saturated carbocycles. The number of rotatable bonds is 3. The molecule has 5 rings (SSSR count). The van der Waals surface area contributed by atoms with Gasteiger partial charge in [0.25, 0.3) is 5.91 Å². The fraction of sp³-hybridized carbons (Fsp3) is 0.381. The molecule has 10 nitrogen and oxygen atoms in total. The van der Waals surface area contributed by atoms with Crippen molar-refractivity contribution in [3.8, 4) is 5.88 Å². The van der Waals surface area contributed by atoms with Gasteiger partial charge in [0.2, 0.25) is 5.88 Å². The van der Waals surface area contributed by atoms with Crippen LogP contribution in [0.2, 0.25) is 0 Å². The average Bonchev–Trinajstić information content (AvgIpc) is 3.29. The highest BCUT2D eigenvalue weighted by Crippen LogP contribution is 2.32. The van der Waals surface area contributed by atoms with E-state index in [2.05, 4.69) is 20.2 Å². The first-order chi connectivity index (χ1) is 15.1. The molecule has 31 heavy (non-hydrogen) atoms. The van der Waals surface area contributed by atoms with E-state index < -0.39 is 0 Å². The summed E-state index contributed by atoms with van der Waals surface area (Å²) < 4.78 is 16.4. The van der Waals surface area contributed by atoms with E-state index in [1.165, 1.54) is 7.11 Å². The summed E-state index contributed by atoms with van der Waals surface area (Å²) in [6, 6.07) is 4.74. The smallest absolute Gasteiger partial charge is 0.273 e. The Balaban J connectivity index is 1.53. The molecule has 1 amide bonds. The van der Waals surface area contributed by atoms with E-state index in [9.17, 15) is 4.79 Å². The number of anilines is 1. The molecule has 2 aliphatic rings. The second-order valence-corrected chi connectivity index (χ2v) is 7.65. The van der Waals surface area contributed by atoms with Gasteiger partial charge in [-0.05, 0) is 24.6 Å². The Morgan fingerprint density at radius 2 is 2.03 bits per heavy atom. The maximum absolute atomic E-state index is 13.6. The first-order valence-corrected chi connectivity index (χ1v) is 9.99. The Bertz CT molecular complexity index is 1150. The number of methoxy groups -OCH3 is 1. The second kappa shape index (κ2) is 7.71. The zero-order chi connectivity index (χ0) is 21.5. The minimum atomic E-state index is -0.384. The molecule has 0 bridgehead atoms. The molecule has 0 aliphatic carbocycles. The SMILES string of the molecule is COc1ccc([C@H]2COC[C@@H](C)N2C(=O)c2cc3c4c(c(N)nc3cn2)COC4)nn1. The van der Waals surface area contributed by atoms with Gasteiger partial charge in [-0.2, -0.15) is 0 Å². The van der Waals surface area contributed by atoms with Crippen LogP contribution in [0.25, 0.3) is 10.9 Å². The van der Waals surface area contributed by atoms with Crippen LogP contribution < -0.4 is 10.5 Å². The number of amides is 1. The molecular formula is C21H22N6O4. The highest BCUT2D eigenvalue weighted by molar-refractivity contribution is 5.97. The highest BCUT2D eigenvalue weighted by Gasteiger charge is 2.36. The number of hydrogen-bond acceptors (Lipinski definition) is 9. The van der Waals surface area contributed by atoms with Crippen LogP contribution in [0.1, 0.15) is 40.3 Å². The van der Waals surface area contributed by atoms with E-state index in [1.54, 1.807) is 29.3 Å². The molecule has 0 unspecified atom stereocenters. The maximum Gasteiger partial charge on any atom is 0.273 e. The van der Waals surface area contributed by atoms with Crippen molar-refractivity contribution in [1.29, 1.82) is 0 Å². The summed E-state index contributed by atoms with van der Waals surface area (Å²) in [5.41, 5.74) is 9.49. The standard InChI is InChI=1S/C21H22N6O4/c1-11-7-30-10-18(15-3-4-19(29-2)26-25-15)27(11)21(28)16-5-12-13-8-31-9-14(13)20(22)24-17(12)6-23-16/h3-6,11,18H,7-10H2,1-2H3,(H2,22,24)/t11-,18-/m1/s1. The van der Waals surface area contributed by atoms with Crippen LogP contribution in [-0.2, 0) is 22.7 Å². The summed E-state index contributed by atoms with van der Waals surface area (Å²) in [7, 11) is 1.53. The largest absolute Gasteiger partial charge is 0.480 e. The van der Waals surface area contributed by atoms with Gasteiger partial charge in [-0.3, -0.25) is 4.79 Å². The lowest BCUT2D eigenvalue weighted by atomic mass is 10.0. The van der Waals surface area contributed by atoms with Gasteiger partial charge in [-0.25, -0.2) is 9.97 Å². The second-order valence-electron chi connectivity index (χ2n) is 7.65. The number of nitrogens with zero attached hydrogens (tertiary/aromatic N) is 5. The fourth-order valence-corrected chi connectivity index (χ4v) is 4.13. The molecule has 0 radical (unpaired) electrons. The van der Waals surface area contributed by atoms with Gasteiger partial charge in [0.05, 0.1) is 63.0 Å². The van der Waals surface area contributed by atoms with Gasteiger partial charge >= 0.3 is 0 Å². The Morgan fingerprint density at radius 3 is 2.81 bits per heavy atom. The van der Waals surface area contributed by atoms with Crippen LogP contribution in [0.15, 0.2) is 24.4 Å². The van der Waals surface area contributed by atoms with Crippen molar-refractivity contribution in [2.24, 2.45) is 0 Å². The Kier molecular flexibility index (Phi) is 4.87. The molecule has 2 atom stereocenters.